The third-order valence-corrected chi connectivity index (χ3v) is 6.63. The minimum atomic E-state index is -0.459. The Morgan fingerprint density at radius 1 is 1.17 bits per heavy atom. The van der Waals surface area contributed by atoms with Crippen LogP contribution in [0.3, 0.4) is 0 Å². The van der Waals surface area contributed by atoms with E-state index in [1.54, 1.807) is 21.9 Å². The van der Waals surface area contributed by atoms with Gasteiger partial charge in [-0.05, 0) is 44.0 Å². The molecule has 1 aliphatic heterocycles. The smallest absolute Gasteiger partial charge is 0.258 e. The summed E-state index contributed by atoms with van der Waals surface area (Å²) in [5.74, 6) is 0.600. The first-order valence-electron chi connectivity index (χ1n) is 11.6. The summed E-state index contributed by atoms with van der Waals surface area (Å²) >= 11 is 0. The van der Waals surface area contributed by atoms with E-state index in [2.05, 4.69) is 9.97 Å². The molecule has 0 bridgehead atoms. The number of aryl methyl sites for hydroxylation is 1. The number of nitrogens with zero attached hydrogens (tertiary/aromatic N) is 3. The molecule has 1 N–H and O–H groups in total. The van der Waals surface area contributed by atoms with E-state index in [0.717, 1.165) is 16.8 Å². The molecule has 9 nitrogen and oxygen atoms in total. The fraction of sp³-hybridized carbons (Fsp3) is 0.385. The van der Waals surface area contributed by atoms with Crippen molar-refractivity contribution in [1.82, 2.24) is 14.9 Å². The number of nitrogens with one attached hydrogen (secondary N) is 1. The van der Waals surface area contributed by atoms with Crippen molar-refractivity contribution < 1.29 is 19.1 Å². The molecule has 0 saturated carbocycles. The number of fused-ring (bicyclic) bond motifs is 1. The normalized spacial score (nSPS) is 15.5. The van der Waals surface area contributed by atoms with Crippen molar-refractivity contribution in [3.63, 3.8) is 0 Å². The number of hydrogen-bond acceptors (Lipinski definition) is 6. The number of aromatic nitrogens is 2. The van der Waals surface area contributed by atoms with Gasteiger partial charge in [0.2, 0.25) is 11.8 Å². The minimum absolute atomic E-state index is 0.0635. The Labute approximate surface area is 203 Å². The van der Waals surface area contributed by atoms with Gasteiger partial charge in [-0.1, -0.05) is 12.1 Å². The van der Waals surface area contributed by atoms with Gasteiger partial charge < -0.3 is 24.3 Å². The number of carbonyl (C=O) groups excluding carboxylic acids is 2. The standard InChI is InChI=1S/C26H30N4O5/c1-6-29(14-23-27-19-12-22(35-5)21(34-4)11-18(19)25(32)28-23)26(33)17-10-24(31)30(13-17)20-9-7-8-15(2)16(20)3/h7-9,11-12,17H,6,10,13-14H2,1-5H3,(H,27,28,32)/t17-/m1/s1. The number of amides is 2. The number of methoxy groups -OCH3 is 2. The Morgan fingerprint density at radius 2 is 1.89 bits per heavy atom. The number of H-pyrrole nitrogens is 1. The summed E-state index contributed by atoms with van der Waals surface area (Å²) in [7, 11) is 3.01. The molecule has 1 fully saturated rings. The van der Waals surface area contributed by atoms with Crippen LogP contribution in [-0.4, -0.2) is 54.0 Å². The number of hydrogen-bond donors (Lipinski definition) is 1. The van der Waals surface area contributed by atoms with Gasteiger partial charge in [0, 0.05) is 31.3 Å². The molecule has 1 atom stereocenters. The molecule has 4 rings (SSSR count). The van der Waals surface area contributed by atoms with Crippen molar-refractivity contribution in [2.45, 2.75) is 33.7 Å². The van der Waals surface area contributed by atoms with Crippen molar-refractivity contribution in [3.8, 4) is 11.5 Å². The summed E-state index contributed by atoms with van der Waals surface area (Å²) in [5, 5.41) is 0.367. The van der Waals surface area contributed by atoms with E-state index >= 15 is 0 Å². The lowest BCUT2D eigenvalue weighted by molar-refractivity contribution is -0.136. The van der Waals surface area contributed by atoms with Crippen LogP contribution in [0.2, 0.25) is 0 Å². The fourth-order valence-electron chi connectivity index (χ4n) is 4.51. The van der Waals surface area contributed by atoms with Gasteiger partial charge in [-0.3, -0.25) is 14.4 Å². The molecular weight excluding hydrogens is 448 g/mol. The molecule has 0 aliphatic carbocycles. The zero-order valence-electron chi connectivity index (χ0n) is 20.7. The largest absolute Gasteiger partial charge is 0.493 e. The number of benzene rings is 2. The first-order chi connectivity index (χ1) is 16.8. The van der Waals surface area contributed by atoms with Gasteiger partial charge >= 0.3 is 0 Å². The summed E-state index contributed by atoms with van der Waals surface area (Å²) in [6.07, 6.45) is 0.154. The summed E-state index contributed by atoms with van der Waals surface area (Å²) < 4.78 is 10.6. The second kappa shape index (κ2) is 9.77. The topological polar surface area (TPSA) is 105 Å². The lowest BCUT2D eigenvalue weighted by atomic mass is 10.1. The SMILES string of the molecule is CCN(Cc1nc2cc(OC)c(OC)cc2c(=O)[nH]1)C(=O)[C@@H]1CC(=O)N(c2cccc(C)c2C)C1. The number of anilines is 1. The highest BCUT2D eigenvalue weighted by atomic mass is 16.5. The molecule has 1 aromatic heterocycles. The lowest BCUT2D eigenvalue weighted by Crippen LogP contribution is -2.37. The van der Waals surface area contributed by atoms with Crippen LogP contribution in [0.15, 0.2) is 35.1 Å². The maximum atomic E-state index is 13.4. The number of ether oxygens (including phenoxy) is 2. The average molecular weight is 479 g/mol. The molecule has 2 aromatic carbocycles. The van der Waals surface area contributed by atoms with Gasteiger partial charge in [0.15, 0.2) is 11.5 Å². The molecule has 2 amide bonds. The van der Waals surface area contributed by atoms with Crippen molar-refractivity contribution >= 4 is 28.4 Å². The van der Waals surface area contributed by atoms with E-state index in [4.69, 9.17) is 9.47 Å². The highest BCUT2D eigenvalue weighted by Gasteiger charge is 2.37. The molecule has 0 radical (unpaired) electrons. The summed E-state index contributed by atoms with van der Waals surface area (Å²) in [6, 6.07) is 9.06. The molecule has 0 spiro atoms. The molecule has 35 heavy (non-hydrogen) atoms. The summed E-state index contributed by atoms with van der Waals surface area (Å²) in [6.45, 7) is 6.73. The predicted octanol–water partition coefficient (Wildman–Crippen LogP) is 2.96. The number of rotatable bonds is 7. The van der Waals surface area contributed by atoms with Crippen molar-refractivity contribution in [1.29, 1.82) is 0 Å². The first-order valence-corrected chi connectivity index (χ1v) is 11.6. The van der Waals surface area contributed by atoms with Gasteiger partial charge in [0.25, 0.3) is 5.56 Å². The molecule has 184 valence electrons. The van der Waals surface area contributed by atoms with Crippen LogP contribution >= 0.6 is 0 Å². The maximum Gasteiger partial charge on any atom is 0.258 e. The first kappa shape index (κ1) is 24.3. The Hall–Kier alpha value is -3.88. The van der Waals surface area contributed by atoms with Crippen molar-refractivity contribution in [2.24, 2.45) is 5.92 Å². The second-order valence-electron chi connectivity index (χ2n) is 8.71. The zero-order chi connectivity index (χ0) is 25.3. The second-order valence-corrected chi connectivity index (χ2v) is 8.71. The van der Waals surface area contributed by atoms with Gasteiger partial charge in [0.05, 0.1) is 37.6 Å². The predicted molar refractivity (Wildman–Crippen MR) is 133 cm³/mol. The third kappa shape index (κ3) is 4.58. The zero-order valence-corrected chi connectivity index (χ0v) is 20.7. The molecule has 9 heteroatoms. The van der Waals surface area contributed by atoms with Gasteiger partial charge in [-0.15, -0.1) is 0 Å². The Bertz CT molecular complexity index is 1350. The fourth-order valence-corrected chi connectivity index (χ4v) is 4.51. The Balaban J connectivity index is 1.56. The highest BCUT2D eigenvalue weighted by molar-refractivity contribution is 6.01. The van der Waals surface area contributed by atoms with E-state index < -0.39 is 5.92 Å². The van der Waals surface area contributed by atoms with E-state index in [1.165, 1.54) is 14.2 Å². The summed E-state index contributed by atoms with van der Waals surface area (Å²) in [4.78, 5) is 49.5. The third-order valence-electron chi connectivity index (χ3n) is 6.63. The van der Waals surface area contributed by atoms with Crippen LogP contribution in [0.1, 0.15) is 30.3 Å². The molecule has 3 aromatic rings. The van der Waals surface area contributed by atoms with E-state index in [-0.39, 0.29) is 30.3 Å². The molecule has 2 heterocycles. The molecule has 1 aliphatic rings. The van der Waals surface area contributed by atoms with Gasteiger partial charge in [0.1, 0.15) is 5.82 Å². The van der Waals surface area contributed by atoms with E-state index in [0.29, 0.717) is 41.3 Å². The lowest BCUT2D eigenvalue weighted by Gasteiger charge is -2.24. The van der Waals surface area contributed by atoms with Crippen LogP contribution in [-0.2, 0) is 16.1 Å². The average Bonchev–Trinajstić information content (AvgIpc) is 3.24. The molecule has 0 unspecified atom stereocenters. The quantitative estimate of drug-likeness (QED) is 0.560. The Morgan fingerprint density at radius 3 is 2.57 bits per heavy atom. The van der Waals surface area contributed by atoms with Crippen LogP contribution in [0, 0.1) is 19.8 Å². The number of aromatic amines is 1. The monoisotopic (exact) mass is 478 g/mol. The van der Waals surface area contributed by atoms with Crippen LogP contribution < -0.4 is 19.9 Å². The van der Waals surface area contributed by atoms with Gasteiger partial charge in [-0.2, -0.15) is 0 Å². The van der Waals surface area contributed by atoms with E-state index in [1.807, 2.05) is 39.0 Å². The maximum absolute atomic E-state index is 13.4. The van der Waals surface area contributed by atoms with Crippen LogP contribution in [0.25, 0.3) is 10.9 Å². The van der Waals surface area contributed by atoms with Crippen molar-refractivity contribution in [3.05, 3.63) is 57.6 Å². The minimum Gasteiger partial charge on any atom is -0.493 e. The summed E-state index contributed by atoms with van der Waals surface area (Å²) in [5.41, 5.74) is 3.10. The Kier molecular flexibility index (Phi) is 6.77. The van der Waals surface area contributed by atoms with Crippen LogP contribution in [0.4, 0.5) is 5.69 Å². The number of carbonyl (C=O) groups is 2. The highest BCUT2D eigenvalue weighted by Crippen LogP contribution is 2.31. The molecular formula is C26H30N4O5. The van der Waals surface area contributed by atoms with Gasteiger partial charge in [-0.25, -0.2) is 4.98 Å². The molecule has 1 saturated heterocycles. The van der Waals surface area contributed by atoms with E-state index in [9.17, 15) is 14.4 Å². The van der Waals surface area contributed by atoms with Crippen LogP contribution in [0.5, 0.6) is 11.5 Å². The van der Waals surface area contributed by atoms with Crippen molar-refractivity contribution in [2.75, 3.05) is 32.2 Å².